The fourth-order valence-corrected chi connectivity index (χ4v) is 2.87. The Morgan fingerprint density at radius 2 is 2.15 bits per heavy atom. The van der Waals surface area contributed by atoms with Gasteiger partial charge in [0.2, 0.25) is 5.91 Å². The molecule has 0 aromatic heterocycles. The molecule has 3 nitrogen and oxygen atoms in total. The summed E-state index contributed by atoms with van der Waals surface area (Å²) in [4.78, 5) is 16.5. The van der Waals surface area contributed by atoms with Crippen molar-refractivity contribution in [3.05, 3.63) is 35.4 Å². The number of aryl methyl sites for hydroxylation is 1. The minimum atomic E-state index is 0.224. The molecule has 1 saturated heterocycles. The zero-order valence-electron chi connectivity index (χ0n) is 12.9. The van der Waals surface area contributed by atoms with Gasteiger partial charge in [0.25, 0.3) is 0 Å². The van der Waals surface area contributed by atoms with Crippen LogP contribution in [0.4, 0.5) is 0 Å². The van der Waals surface area contributed by atoms with Crippen molar-refractivity contribution in [1.82, 2.24) is 9.80 Å². The van der Waals surface area contributed by atoms with Crippen molar-refractivity contribution in [1.29, 1.82) is 0 Å². The van der Waals surface area contributed by atoms with Crippen LogP contribution in [-0.2, 0) is 11.3 Å². The molecule has 1 unspecified atom stereocenters. The summed E-state index contributed by atoms with van der Waals surface area (Å²) in [6.07, 6.45) is 2.51. The lowest BCUT2D eigenvalue weighted by Crippen LogP contribution is -2.42. The Morgan fingerprint density at radius 1 is 1.40 bits per heavy atom. The summed E-state index contributed by atoms with van der Waals surface area (Å²) >= 11 is 0. The van der Waals surface area contributed by atoms with Crippen molar-refractivity contribution in [2.75, 3.05) is 26.7 Å². The molecule has 1 aliphatic heterocycles. The molecule has 2 rings (SSSR count). The SMILES string of the molecule is Cc1ccccc1CN(C)C(=O)CN1CCCC(C)C1. The van der Waals surface area contributed by atoms with Crippen LogP contribution in [0.3, 0.4) is 0 Å². The number of hydrogen-bond donors (Lipinski definition) is 0. The van der Waals surface area contributed by atoms with Gasteiger partial charge in [-0.25, -0.2) is 0 Å². The molecule has 1 amide bonds. The topological polar surface area (TPSA) is 23.6 Å². The van der Waals surface area contributed by atoms with Crippen molar-refractivity contribution in [3.8, 4) is 0 Å². The number of carbonyl (C=O) groups excluding carboxylic acids is 1. The Labute approximate surface area is 122 Å². The third kappa shape index (κ3) is 4.07. The molecule has 0 bridgehead atoms. The summed E-state index contributed by atoms with van der Waals surface area (Å²) in [6.45, 7) is 7.76. The molecule has 1 aromatic carbocycles. The lowest BCUT2D eigenvalue weighted by Gasteiger charge is -2.31. The van der Waals surface area contributed by atoms with Crippen LogP contribution in [0.5, 0.6) is 0 Å². The molecular weight excluding hydrogens is 248 g/mol. The zero-order chi connectivity index (χ0) is 14.5. The molecule has 1 aliphatic rings. The molecule has 1 fully saturated rings. The number of amides is 1. The van der Waals surface area contributed by atoms with Gasteiger partial charge in [-0.2, -0.15) is 0 Å². The van der Waals surface area contributed by atoms with Gasteiger partial charge in [0, 0.05) is 20.1 Å². The average Bonchev–Trinajstić information content (AvgIpc) is 2.41. The molecular formula is C17H26N2O. The number of likely N-dealkylation sites (tertiary alicyclic amines) is 1. The predicted molar refractivity (Wildman–Crippen MR) is 82.5 cm³/mol. The van der Waals surface area contributed by atoms with E-state index in [9.17, 15) is 4.79 Å². The van der Waals surface area contributed by atoms with Gasteiger partial charge in [0.15, 0.2) is 0 Å². The Bertz CT molecular complexity index is 458. The lowest BCUT2D eigenvalue weighted by molar-refractivity contribution is -0.132. The third-order valence-electron chi connectivity index (χ3n) is 4.19. The summed E-state index contributed by atoms with van der Waals surface area (Å²) in [5.41, 5.74) is 2.48. The van der Waals surface area contributed by atoms with Gasteiger partial charge in [-0.1, -0.05) is 31.2 Å². The number of piperidine rings is 1. The Morgan fingerprint density at radius 3 is 2.85 bits per heavy atom. The summed E-state index contributed by atoms with van der Waals surface area (Å²) < 4.78 is 0. The Kier molecular flexibility index (Phi) is 5.18. The summed E-state index contributed by atoms with van der Waals surface area (Å²) in [5.74, 6) is 0.945. The standard InChI is InChI=1S/C17H26N2O/c1-14-7-6-10-19(11-14)13-17(20)18(3)12-16-9-5-4-8-15(16)2/h4-5,8-9,14H,6-7,10-13H2,1-3H3. The number of hydrogen-bond acceptors (Lipinski definition) is 2. The van der Waals surface area contributed by atoms with E-state index in [-0.39, 0.29) is 5.91 Å². The van der Waals surface area contributed by atoms with E-state index in [0.717, 1.165) is 19.0 Å². The van der Waals surface area contributed by atoms with Gasteiger partial charge < -0.3 is 4.90 Å². The minimum absolute atomic E-state index is 0.224. The molecule has 0 N–H and O–H groups in total. The van der Waals surface area contributed by atoms with Crippen molar-refractivity contribution < 1.29 is 4.79 Å². The molecule has 110 valence electrons. The molecule has 3 heteroatoms. The van der Waals surface area contributed by atoms with E-state index in [1.54, 1.807) is 0 Å². The first-order valence-electron chi connectivity index (χ1n) is 7.57. The number of carbonyl (C=O) groups is 1. The maximum atomic E-state index is 12.3. The van der Waals surface area contributed by atoms with Crippen molar-refractivity contribution >= 4 is 5.91 Å². The summed E-state index contributed by atoms with van der Waals surface area (Å²) in [7, 11) is 1.90. The smallest absolute Gasteiger partial charge is 0.236 e. The second kappa shape index (κ2) is 6.89. The average molecular weight is 274 g/mol. The molecule has 1 aromatic rings. The monoisotopic (exact) mass is 274 g/mol. The fraction of sp³-hybridized carbons (Fsp3) is 0.588. The first-order valence-corrected chi connectivity index (χ1v) is 7.57. The molecule has 1 heterocycles. The molecule has 0 aliphatic carbocycles. The van der Waals surface area contributed by atoms with Gasteiger partial charge >= 0.3 is 0 Å². The third-order valence-corrected chi connectivity index (χ3v) is 4.19. The number of nitrogens with zero attached hydrogens (tertiary/aromatic N) is 2. The Balaban J connectivity index is 1.87. The van der Waals surface area contributed by atoms with E-state index in [1.807, 2.05) is 24.1 Å². The zero-order valence-corrected chi connectivity index (χ0v) is 12.9. The lowest BCUT2D eigenvalue weighted by atomic mass is 10.0. The van der Waals surface area contributed by atoms with Gasteiger partial charge in [-0.15, -0.1) is 0 Å². The first kappa shape index (κ1) is 15.0. The summed E-state index contributed by atoms with van der Waals surface area (Å²) in [5, 5.41) is 0. The molecule has 1 atom stereocenters. The first-order chi connectivity index (χ1) is 9.56. The molecule has 20 heavy (non-hydrogen) atoms. The van der Waals surface area contributed by atoms with Crippen LogP contribution in [-0.4, -0.2) is 42.4 Å². The fourth-order valence-electron chi connectivity index (χ4n) is 2.87. The van der Waals surface area contributed by atoms with Crippen LogP contribution in [0.2, 0.25) is 0 Å². The van der Waals surface area contributed by atoms with Crippen molar-refractivity contribution in [2.45, 2.75) is 33.2 Å². The van der Waals surface area contributed by atoms with Crippen LogP contribution in [0.15, 0.2) is 24.3 Å². The number of rotatable bonds is 4. The minimum Gasteiger partial charge on any atom is -0.340 e. The van der Waals surface area contributed by atoms with Crippen LogP contribution in [0, 0.1) is 12.8 Å². The molecule has 0 saturated carbocycles. The summed E-state index contributed by atoms with van der Waals surface area (Å²) in [6, 6.07) is 8.27. The van der Waals surface area contributed by atoms with Crippen LogP contribution in [0.25, 0.3) is 0 Å². The second-order valence-electron chi connectivity index (χ2n) is 6.16. The maximum absolute atomic E-state index is 12.3. The van der Waals surface area contributed by atoms with Crippen LogP contribution >= 0.6 is 0 Å². The van der Waals surface area contributed by atoms with E-state index >= 15 is 0 Å². The number of benzene rings is 1. The highest BCUT2D eigenvalue weighted by Gasteiger charge is 2.20. The van der Waals surface area contributed by atoms with Gasteiger partial charge in [0.05, 0.1) is 6.54 Å². The maximum Gasteiger partial charge on any atom is 0.236 e. The highest BCUT2D eigenvalue weighted by atomic mass is 16.2. The molecule has 0 spiro atoms. The normalized spacial score (nSPS) is 19.9. The van der Waals surface area contributed by atoms with E-state index in [2.05, 4.69) is 30.9 Å². The van der Waals surface area contributed by atoms with Gasteiger partial charge in [-0.05, 0) is 43.4 Å². The van der Waals surface area contributed by atoms with E-state index in [1.165, 1.54) is 24.0 Å². The number of likely N-dealkylation sites (N-methyl/N-ethyl adjacent to an activating group) is 1. The van der Waals surface area contributed by atoms with E-state index < -0.39 is 0 Å². The quantitative estimate of drug-likeness (QED) is 0.843. The highest BCUT2D eigenvalue weighted by molar-refractivity contribution is 5.78. The van der Waals surface area contributed by atoms with E-state index in [0.29, 0.717) is 13.1 Å². The van der Waals surface area contributed by atoms with Crippen molar-refractivity contribution in [2.24, 2.45) is 5.92 Å². The van der Waals surface area contributed by atoms with E-state index in [4.69, 9.17) is 0 Å². The van der Waals surface area contributed by atoms with Crippen LogP contribution < -0.4 is 0 Å². The van der Waals surface area contributed by atoms with Gasteiger partial charge in [0.1, 0.15) is 0 Å². The second-order valence-corrected chi connectivity index (χ2v) is 6.16. The highest BCUT2D eigenvalue weighted by Crippen LogP contribution is 2.15. The largest absolute Gasteiger partial charge is 0.340 e. The predicted octanol–water partition coefficient (Wildman–Crippen LogP) is 2.69. The van der Waals surface area contributed by atoms with Crippen molar-refractivity contribution in [3.63, 3.8) is 0 Å². The Hall–Kier alpha value is -1.35. The van der Waals surface area contributed by atoms with Crippen LogP contribution in [0.1, 0.15) is 30.9 Å². The van der Waals surface area contributed by atoms with Gasteiger partial charge in [-0.3, -0.25) is 9.69 Å². The molecule has 0 radical (unpaired) electrons.